The number of pyridine rings is 1. The van der Waals surface area contributed by atoms with Crippen molar-refractivity contribution in [3.05, 3.63) is 41.5 Å². The van der Waals surface area contributed by atoms with E-state index < -0.39 is 0 Å². The van der Waals surface area contributed by atoms with Crippen molar-refractivity contribution >= 4 is 11.7 Å². The third-order valence-electron chi connectivity index (χ3n) is 4.02. The van der Waals surface area contributed by atoms with E-state index in [-0.39, 0.29) is 23.2 Å². The first-order valence-corrected chi connectivity index (χ1v) is 8.85. The van der Waals surface area contributed by atoms with E-state index in [1.807, 2.05) is 12.1 Å². The highest BCUT2D eigenvalue weighted by molar-refractivity contribution is 5.93. The number of carbonyl (C=O) groups is 1. The molecule has 3 rings (SSSR count). The van der Waals surface area contributed by atoms with Gasteiger partial charge in [0.25, 0.3) is 5.91 Å². The van der Waals surface area contributed by atoms with Gasteiger partial charge in [0.15, 0.2) is 5.69 Å². The maximum Gasteiger partial charge on any atom is 0.276 e. The van der Waals surface area contributed by atoms with E-state index >= 15 is 0 Å². The summed E-state index contributed by atoms with van der Waals surface area (Å²) < 4.78 is 6.04. The van der Waals surface area contributed by atoms with Gasteiger partial charge in [0.05, 0.1) is 5.69 Å². The minimum Gasteiger partial charge on any atom is -0.378 e. The van der Waals surface area contributed by atoms with Gasteiger partial charge in [-0.1, -0.05) is 19.1 Å². The lowest BCUT2D eigenvalue weighted by atomic mass is 10.2. The van der Waals surface area contributed by atoms with E-state index in [4.69, 9.17) is 5.73 Å². The minimum absolute atomic E-state index is 0.0687. The zero-order chi connectivity index (χ0) is 20.1. The quantitative estimate of drug-likeness (QED) is 0.571. The lowest BCUT2D eigenvalue weighted by Crippen LogP contribution is -2.29. The molecule has 148 valence electrons. The molecule has 1 amide bonds. The number of hydrogen-bond donors (Lipinski definition) is 2. The number of amides is 1. The first-order valence-electron chi connectivity index (χ1n) is 8.85. The summed E-state index contributed by atoms with van der Waals surface area (Å²) in [4.78, 5) is 18.6. The average molecular weight is 385 g/mol. The Morgan fingerprint density at radius 3 is 2.71 bits per heavy atom. The fraction of sp³-hybridized carbons (Fsp3) is 0.412. The maximum atomic E-state index is 13.0. The maximum absolute atomic E-state index is 13.0. The van der Waals surface area contributed by atoms with Gasteiger partial charge < -0.3 is 16.0 Å². The van der Waals surface area contributed by atoms with E-state index in [0.29, 0.717) is 24.7 Å². The third-order valence-corrected chi connectivity index (χ3v) is 4.02. The molecule has 3 aromatic heterocycles. The Hall–Kier alpha value is -3.34. The number of anilines is 1. The predicted octanol–water partition coefficient (Wildman–Crippen LogP) is 0.645. The third kappa shape index (κ3) is 4.31. The van der Waals surface area contributed by atoms with Gasteiger partial charge in [-0.2, -0.15) is 4.68 Å². The monoisotopic (exact) mass is 385 g/mol. The van der Waals surface area contributed by atoms with Crippen LogP contribution < -0.4 is 11.1 Å². The number of rotatable bonds is 8. The smallest absolute Gasteiger partial charge is 0.276 e. The van der Waals surface area contributed by atoms with Gasteiger partial charge in [0, 0.05) is 32.5 Å². The minimum atomic E-state index is -0.264. The normalized spacial score (nSPS) is 11.1. The molecule has 0 radical (unpaired) electrons. The number of nitrogen functional groups attached to an aromatic ring is 1. The van der Waals surface area contributed by atoms with Crippen LogP contribution in [0, 0.1) is 5.92 Å². The summed E-state index contributed by atoms with van der Waals surface area (Å²) in [6.45, 7) is 5.73. The molecule has 0 aliphatic heterocycles. The molecular weight excluding hydrogens is 362 g/mol. The molecule has 0 aliphatic rings. The molecule has 0 aromatic carbocycles. The molecule has 0 atom stereocenters. The van der Waals surface area contributed by atoms with Crippen LogP contribution in [-0.2, 0) is 13.1 Å². The SMILES string of the molecule is CC(C)CNCc1c(C(=O)N(C)Cc2ccncc2)nnn1-c1nonc1N. The Balaban J connectivity index is 1.87. The summed E-state index contributed by atoms with van der Waals surface area (Å²) in [5, 5.41) is 18.8. The second-order valence-corrected chi connectivity index (χ2v) is 6.81. The van der Waals surface area contributed by atoms with Crippen molar-refractivity contribution < 1.29 is 9.42 Å². The number of aromatic nitrogens is 6. The average Bonchev–Trinajstić information content (AvgIpc) is 3.27. The van der Waals surface area contributed by atoms with Crippen LogP contribution in [0.5, 0.6) is 0 Å². The van der Waals surface area contributed by atoms with Gasteiger partial charge in [-0.25, -0.2) is 4.63 Å². The molecule has 0 spiro atoms. The molecule has 3 aromatic rings. The van der Waals surface area contributed by atoms with E-state index in [2.05, 4.69) is 49.4 Å². The molecular formula is C17H23N9O2. The van der Waals surface area contributed by atoms with Gasteiger partial charge in [0.1, 0.15) is 0 Å². The van der Waals surface area contributed by atoms with Crippen LogP contribution in [0.2, 0.25) is 0 Å². The van der Waals surface area contributed by atoms with Crippen LogP contribution >= 0.6 is 0 Å². The zero-order valence-corrected chi connectivity index (χ0v) is 16.0. The highest BCUT2D eigenvalue weighted by Gasteiger charge is 2.25. The predicted molar refractivity (Wildman–Crippen MR) is 100 cm³/mol. The van der Waals surface area contributed by atoms with Crippen LogP contribution in [0.3, 0.4) is 0 Å². The Morgan fingerprint density at radius 1 is 1.32 bits per heavy atom. The van der Waals surface area contributed by atoms with Gasteiger partial charge in [-0.15, -0.1) is 5.10 Å². The van der Waals surface area contributed by atoms with E-state index in [1.54, 1.807) is 24.3 Å². The number of nitrogens with one attached hydrogen (secondary N) is 1. The first-order chi connectivity index (χ1) is 13.5. The number of hydrogen-bond acceptors (Lipinski definition) is 9. The van der Waals surface area contributed by atoms with Crippen molar-refractivity contribution in [1.29, 1.82) is 0 Å². The van der Waals surface area contributed by atoms with Crippen molar-refractivity contribution in [2.75, 3.05) is 19.3 Å². The molecule has 0 saturated heterocycles. The summed E-state index contributed by atoms with van der Waals surface area (Å²) in [5.74, 6) is 0.444. The summed E-state index contributed by atoms with van der Waals surface area (Å²) in [7, 11) is 1.71. The fourth-order valence-corrected chi connectivity index (χ4v) is 2.63. The summed E-state index contributed by atoms with van der Waals surface area (Å²) in [5.41, 5.74) is 7.50. The highest BCUT2D eigenvalue weighted by atomic mass is 16.6. The van der Waals surface area contributed by atoms with Crippen molar-refractivity contribution in [1.82, 2.24) is 40.5 Å². The lowest BCUT2D eigenvalue weighted by Gasteiger charge is -2.17. The molecule has 3 N–H and O–H groups in total. The Labute approximate surface area is 161 Å². The standard InChI is InChI=1S/C17H23N9O2/c1-11(2)8-20-9-13-14(21-24-26(13)16-15(18)22-28-23-16)17(27)25(3)10-12-4-6-19-7-5-12/h4-7,11,20H,8-10H2,1-3H3,(H2,18,22). The van der Waals surface area contributed by atoms with E-state index in [0.717, 1.165) is 12.1 Å². The van der Waals surface area contributed by atoms with E-state index in [1.165, 1.54) is 4.68 Å². The van der Waals surface area contributed by atoms with Gasteiger partial charge in [0.2, 0.25) is 11.6 Å². The van der Waals surface area contributed by atoms with Crippen LogP contribution in [0.25, 0.3) is 5.82 Å². The Morgan fingerprint density at radius 2 is 2.07 bits per heavy atom. The second kappa shape index (κ2) is 8.57. The molecule has 11 heteroatoms. The highest BCUT2D eigenvalue weighted by Crippen LogP contribution is 2.17. The van der Waals surface area contributed by atoms with Gasteiger partial charge in [-0.3, -0.25) is 9.78 Å². The van der Waals surface area contributed by atoms with Crippen LogP contribution in [0.15, 0.2) is 29.2 Å². The number of nitrogens with zero attached hydrogens (tertiary/aromatic N) is 7. The molecule has 0 bridgehead atoms. The van der Waals surface area contributed by atoms with Crippen LogP contribution in [0.1, 0.15) is 35.6 Å². The van der Waals surface area contributed by atoms with Crippen LogP contribution in [-0.4, -0.2) is 54.7 Å². The lowest BCUT2D eigenvalue weighted by molar-refractivity contribution is 0.0778. The number of nitrogens with two attached hydrogens (primary N) is 1. The second-order valence-electron chi connectivity index (χ2n) is 6.81. The topological polar surface area (TPSA) is 141 Å². The van der Waals surface area contributed by atoms with Crippen molar-refractivity contribution in [3.8, 4) is 5.82 Å². The van der Waals surface area contributed by atoms with Crippen molar-refractivity contribution in [2.24, 2.45) is 5.92 Å². The zero-order valence-electron chi connectivity index (χ0n) is 16.0. The Bertz CT molecular complexity index is 920. The fourth-order valence-electron chi connectivity index (χ4n) is 2.63. The molecule has 0 aliphatic carbocycles. The molecule has 0 unspecified atom stereocenters. The Kier molecular flexibility index (Phi) is 5.94. The molecule has 3 heterocycles. The summed E-state index contributed by atoms with van der Waals surface area (Å²) in [6.07, 6.45) is 3.37. The van der Waals surface area contributed by atoms with Crippen molar-refractivity contribution in [2.45, 2.75) is 26.9 Å². The molecule has 11 nitrogen and oxygen atoms in total. The summed E-state index contributed by atoms with van der Waals surface area (Å²) in [6, 6.07) is 3.71. The van der Waals surface area contributed by atoms with Gasteiger partial charge >= 0.3 is 0 Å². The number of carbonyl (C=O) groups excluding carboxylic acids is 1. The van der Waals surface area contributed by atoms with Crippen LogP contribution in [0.4, 0.5) is 5.82 Å². The molecule has 0 fully saturated rings. The molecule has 28 heavy (non-hydrogen) atoms. The molecule has 0 saturated carbocycles. The van der Waals surface area contributed by atoms with Crippen molar-refractivity contribution in [3.63, 3.8) is 0 Å². The first kappa shape index (κ1) is 19.4. The van der Waals surface area contributed by atoms with E-state index in [9.17, 15) is 4.79 Å². The van der Waals surface area contributed by atoms with Gasteiger partial charge in [-0.05, 0) is 40.5 Å². The summed E-state index contributed by atoms with van der Waals surface area (Å²) >= 11 is 0. The largest absolute Gasteiger partial charge is 0.378 e.